The highest BCUT2D eigenvalue weighted by atomic mass is 16.7. The average molecular weight is 794 g/mol. The molecule has 8 heteroatoms. The highest BCUT2D eigenvalue weighted by Crippen LogP contribution is 2.14. The molecule has 0 amide bonds. The summed E-state index contributed by atoms with van der Waals surface area (Å²) >= 11 is 0. The molecular formula is C48H91NO7. The third kappa shape index (κ3) is 39.1. The van der Waals surface area contributed by atoms with Gasteiger partial charge in [-0.25, -0.2) is 0 Å². The van der Waals surface area contributed by atoms with Crippen LogP contribution in [0.25, 0.3) is 0 Å². The zero-order valence-corrected chi connectivity index (χ0v) is 37.5. The van der Waals surface area contributed by atoms with Crippen LogP contribution < -0.4 is 0 Å². The van der Waals surface area contributed by atoms with Gasteiger partial charge in [0.1, 0.15) is 0 Å². The number of hydrogen-bond acceptors (Lipinski definition) is 8. The molecule has 0 radical (unpaired) electrons. The van der Waals surface area contributed by atoms with Crippen LogP contribution in [0, 0.1) is 5.92 Å². The minimum Gasteiger partial charge on any atom is -0.465 e. The maximum Gasteiger partial charge on any atom is 0.305 e. The Morgan fingerprint density at radius 1 is 0.500 bits per heavy atom. The molecule has 0 aliphatic rings. The van der Waals surface area contributed by atoms with Crippen molar-refractivity contribution in [3.05, 3.63) is 24.3 Å². The molecule has 0 aromatic rings. The molecule has 0 spiro atoms. The van der Waals surface area contributed by atoms with Crippen LogP contribution >= 0.6 is 0 Å². The van der Waals surface area contributed by atoms with Crippen LogP contribution in [0.15, 0.2) is 24.3 Å². The van der Waals surface area contributed by atoms with E-state index in [-0.39, 0.29) is 37.5 Å². The zero-order valence-electron chi connectivity index (χ0n) is 37.5. The van der Waals surface area contributed by atoms with E-state index in [0.29, 0.717) is 39.3 Å². The van der Waals surface area contributed by atoms with Crippen LogP contribution in [-0.2, 0) is 33.3 Å². The first-order chi connectivity index (χ1) is 27.5. The highest BCUT2D eigenvalue weighted by Gasteiger charge is 2.18. The first-order valence-electron chi connectivity index (χ1n) is 23.6. The van der Waals surface area contributed by atoms with Gasteiger partial charge < -0.3 is 28.6 Å². The van der Waals surface area contributed by atoms with Crippen LogP contribution in [0.3, 0.4) is 0 Å². The average Bonchev–Trinajstić information content (AvgIpc) is 3.20. The SMILES string of the molecule is CCCCC/C=C\C/C=C\CCCCCCCC(=O)OCC(COCCN(CC)CC)COC(=O)CCC(OCCCCCCCC)OCCCCCCCC. The van der Waals surface area contributed by atoms with Crippen LogP contribution in [0.1, 0.15) is 202 Å². The molecule has 0 aromatic heterocycles. The third-order valence-corrected chi connectivity index (χ3v) is 10.3. The van der Waals surface area contributed by atoms with Crippen molar-refractivity contribution in [2.24, 2.45) is 5.92 Å². The number of carbonyl (C=O) groups is 2. The molecular weight excluding hydrogens is 703 g/mol. The molecule has 1 atom stereocenters. The summed E-state index contributed by atoms with van der Waals surface area (Å²) in [6, 6.07) is 0. The summed E-state index contributed by atoms with van der Waals surface area (Å²) in [6.45, 7) is 16.4. The Kier molecular flexibility index (Phi) is 43.0. The van der Waals surface area contributed by atoms with E-state index in [1.807, 2.05) is 0 Å². The highest BCUT2D eigenvalue weighted by molar-refractivity contribution is 5.69. The number of nitrogens with zero attached hydrogens (tertiary/aromatic N) is 1. The molecule has 0 bridgehead atoms. The van der Waals surface area contributed by atoms with Gasteiger partial charge in [0.15, 0.2) is 6.29 Å². The van der Waals surface area contributed by atoms with Crippen molar-refractivity contribution in [2.45, 2.75) is 208 Å². The van der Waals surface area contributed by atoms with Crippen LogP contribution in [0.2, 0.25) is 0 Å². The second kappa shape index (κ2) is 44.4. The fourth-order valence-corrected chi connectivity index (χ4v) is 6.42. The van der Waals surface area contributed by atoms with Crippen molar-refractivity contribution in [1.29, 1.82) is 0 Å². The number of rotatable bonds is 44. The van der Waals surface area contributed by atoms with Gasteiger partial charge in [0, 0.05) is 32.6 Å². The van der Waals surface area contributed by atoms with Gasteiger partial charge in [0.05, 0.1) is 38.8 Å². The van der Waals surface area contributed by atoms with Crippen molar-refractivity contribution in [2.75, 3.05) is 59.3 Å². The number of esters is 2. The van der Waals surface area contributed by atoms with E-state index in [0.717, 1.165) is 77.4 Å². The maximum atomic E-state index is 12.9. The summed E-state index contributed by atoms with van der Waals surface area (Å²) in [5.74, 6) is -0.693. The molecule has 0 saturated heterocycles. The fourth-order valence-electron chi connectivity index (χ4n) is 6.42. The largest absolute Gasteiger partial charge is 0.465 e. The second-order valence-electron chi connectivity index (χ2n) is 15.6. The lowest BCUT2D eigenvalue weighted by molar-refractivity contribution is -0.161. The summed E-state index contributed by atoms with van der Waals surface area (Å²) in [5.41, 5.74) is 0. The molecule has 330 valence electrons. The van der Waals surface area contributed by atoms with Crippen molar-refractivity contribution < 1.29 is 33.3 Å². The van der Waals surface area contributed by atoms with Gasteiger partial charge in [-0.1, -0.05) is 155 Å². The lowest BCUT2D eigenvalue weighted by Gasteiger charge is -2.21. The smallest absolute Gasteiger partial charge is 0.305 e. The lowest BCUT2D eigenvalue weighted by Crippen LogP contribution is -2.30. The predicted octanol–water partition coefficient (Wildman–Crippen LogP) is 12.7. The second-order valence-corrected chi connectivity index (χ2v) is 15.6. The molecule has 0 rings (SSSR count). The number of allylic oxidation sites excluding steroid dienone is 4. The van der Waals surface area contributed by atoms with E-state index in [2.05, 4.69) is 63.8 Å². The van der Waals surface area contributed by atoms with Gasteiger partial charge in [-0.05, 0) is 64.5 Å². The molecule has 0 saturated carbocycles. The lowest BCUT2D eigenvalue weighted by atomic mass is 10.1. The van der Waals surface area contributed by atoms with E-state index in [1.165, 1.54) is 89.9 Å². The van der Waals surface area contributed by atoms with Gasteiger partial charge in [-0.3, -0.25) is 9.59 Å². The summed E-state index contributed by atoms with van der Waals surface area (Å²) in [4.78, 5) is 27.8. The topological polar surface area (TPSA) is 83.5 Å². The number of ether oxygens (including phenoxy) is 5. The Balaban J connectivity index is 4.65. The Morgan fingerprint density at radius 3 is 1.52 bits per heavy atom. The van der Waals surface area contributed by atoms with Crippen molar-refractivity contribution >= 4 is 11.9 Å². The minimum atomic E-state index is -0.400. The van der Waals surface area contributed by atoms with Gasteiger partial charge in [0.25, 0.3) is 0 Å². The molecule has 0 aliphatic carbocycles. The standard InChI is InChI=1S/C48H91NO7/c1-6-11-14-17-20-21-22-23-24-25-26-27-28-29-32-35-46(50)55-43-45(42-52-41-38-49(9-4)10-5)44-56-47(51)36-37-48(53-39-33-30-18-15-12-7-2)54-40-34-31-19-16-13-8-3/h20-21,23-24,45,48H,6-19,22,25-44H2,1-5H3/b21-20-,24-23-. The van der Waals surface area contributed by atoms with Crippen molar-refractivity contribution in [1.82, 2.24) is 4.90 Å². The Hall–Kier alpha value is -1.74. The monoisotopic (exact) mass is 794 g/mol. The number of unbranched alkanes of at least 4 members (excludes halogenated alkanes) is 18. The predicted molar refractivity (Wildman–Crippen MR) is 235 cm³/mol. The third-order valence-electron chi connectivity index (χ3n) is 10.3. The number of carbonyl (C=O) groups excluding carboxylic acids is 2. The van der Waals surface area contributed by atoms with Crippen molar-refractivity contribution in [3.63, 3.8) is 0 Å². The quantitative estimate of drug-likeness (QED) is 0.0261. The van der Waals surface area contributed by atoms with E-state index < -0.39 is 6.29 Å². The number of hydrogen-bond donors (Lipinski definition) is 0. The Labute approximate surface area is 346 Å². The Morgan fingerprint density at radius 2 is 0.964 bits per heavy atom. The molecule has 0 N–H and O–H groups in total. The van der Waals surface area contributed by atoms with Gasteiger partial charge in [0.2, 0.25) is 0 Å². The normalized spacial score (nSPS) is 12.5. The van der Waals surface area contributed by atoms with E-state index in [1.54, 1.807) is 0 Å². The summed E-state index contributed by atoms with van der Waals surface area (Å²) in [5, 5.41) is 0. The van der Waals surface area contributed by atoms with Gasteiger partial charge in [-0.15, -0.1) is 0 Å². The Bertz CT molecular complexity index is 873. The van der Waals surface area contributed by atoms with E-state index in [4.69, 9.17) is 23.7 Å². The molecule has 1 unspecified atom stereocenters. The fraction of sp³-hybridized carbons (Fsp3) is 0.875. The first-order valence-corrected chi connectivity index (χ1v) is 23.6. The van der Waals surface area contributed by atoms with E-state index in [9.17, 15) is 9.59 Å². The van der Waals surface area contributed by atoms with E-state index >= 15 is 0 Å². The number of likely N-dealkylation sites (N-methyl/N-ethyl adjacent to an activating group) is 1. The molecule has 8 nitrogen and oxygen atoms in total. The first kappa shape index (κ1) is 54.3. The summed E-state index contributed by atoms with van der Waals surface area (Å²) < 4.78 is 29.6. The summed E-state index contributed by atoms with van der Waals surface area (Å²) in [6.07, 6.45) is 36.9. The van der Waals surface area contributed by atoms with Crippen LogP contribution in [0.4, 0.5) is 0 Å². The molecule has 0 heterocycles. The molecule has 0 fully saturated rings. The maximum absolute atomic E-state index is 12.9. The van der Waals surface area contributed by atoms with Crippen molar-refractivity contribution in [3.8, 4) is 0 Å². The van der Waals surface area contributed by atoms with Gasteiger partial charge in [-0.2, -0.15) is 0 Å². The zero-order chi connectivity index (χ0) is 41.0. The van der Waals surface area contributed by atoms with Gasteiger partial charge >= 0.3 is 11.9 Å². The van der Waals surface area contributed by atoms with Crippen LogP contribution in [-0.4, -0.2) is 82.4 Å². The molecule has 56 heavy (non-hydrogen) atoms. The minimum absolute atomic E-state index is 0.156. The van der Waals surface area contributed by atoms with Crippen LogP contribution in [0.5, 0.6) is 0 Å². The molecule has 0 aromatic carbocycles. The summed E-state index contributed by atoms with van der Waals surface area (Å²) in [7, 11) is 0. The molecule has 0 aliphatic heterocycles.